The highest BCUT2D eigenvalue weighted by Gasteiger charge is 2.45. The number of carboxylic acids is 1. The molecule has 0 bridgehead atoms. The Morgan fingerprint density at radius 3 is 2.69 bits per heavy atom. The van der Waals surface area contributed by atoms with Crippen LogP contribution in [0, 0.1) is 5.41 Å². The van der Waals surface area contributed by atoms with Crippen LogP contribution in [-0.4, -0.2) is 53.0 Å². The number of aromatic nitrogens is 2. The summed E-state index contributed by atoms with van der Waals surface area (Å²) >= 11 is 6.15. The predicted molar refractivity (Wildman–Crippen MR) is 139 cm³/mol. The maximum Gasteiger partial charge on any atom is 0.429 e. The highest BCUT2D eigenvalue weighted by molar-refractivity contribution is 6.30. The Hall–Kier alpha value is -3.15. The Bertz CT molecular complexity index is 1330. The Labute approximate surface area is 228 Å². The summed E-state index contributed by atoms with van der Waals surface area (Å²) in [5.41, 5.74) is 7.88. The lowest BCUT2D eigenvalue weighted by molar-refractivity contribution is -0.198. The van der Waals surface area contributed by atoms with Gasteiger partial charge in [0.05, 0.1) is 18.9 Å². The van der Waals surface area contributed by atoms with Gasteiger partial charge in [0.2, 0.25) is 17.9 Å². The fourth-order valence-electron chi connectivity index (χ4n) is 5.52. The van der Waals surface area contributed by atoms with Crippen LogP contribution in [0.25, 0.3) is 11.1 Å². The van der Waals surface area contributed by atoms with Crippen LogP contribution in [0.2, 0.25) is 5.02 Å². The highest BCUT2D eigenvalue weighted by Crippen LogP contribution is 2.45. The molecule has 3 unspecified atom stereocenters. The number of carboxylic acid groups (broad SMARTS) is 1. The first-order valence-electron chi connectivity index (χ1n) is 12.6. The molecule has 2 aliphatic heterocycles. The highest BCUT2D eigenvalue weighted by atomic mass is 35.5. The van der Waals surface area contributed by atoms with Crippen LogP contribution in [0.5, 0.6) is 5.88 Å². The number of hydrogen-bond acceptors (Lipinski definition) is 7. The molecule has 1 aliphatic carbocycles. The molecule has 3 atom stereocenters. The Balaban J connectivity index is 1.43. The molecule has 1 aromatic carbocycles. The van der Waals surface area contributed by atoms with Crippen LogP contribution >= 0.6 is 11.6 Å². The lowest BCUT2D eigenvalue weighted by Crippen LogP contribution is -2.30. The molecule has 0 saturated carbocycles. The van der Waals surface area contributed by atoms with Crippen molar-refractivity contribution >= 4 is 34.7 Å². The largest absolute Gasteiger partial charge is 0.480 e. The van der Waals surface area contributed by atoms with E-state index < -0.39 is 24.3 Å². The summed E-state index contributed by atoms with van der Waals surface area (Å²) in [7, 11) is 0. The Kier molecular flexibility index (Phi) is 7.58. The molecule has 1 aromatic heterocycles. The first kappa shape index (κ1) is 27.4. The van der Waals surface area contributed by atoms with Crippen LogP contribution in [0.4, 0.5) is 19.1 Å². The number of nitrogens with two attached hydrogens (primary N) is 1. The van der Waals surface area contributed by atoms with Crippen molar-refractivity contribution in [3.05, 3.63) is 58.3 Å². The molecule has 1 fully saturated rings. The standard InChI is InChI=1S/C27H28ClF3N4O4/c28-17-1-2-18(19(11-17)15-5-9-38-10-6-15)23(27(29,30)31)39-22-12-20(34-25(32)35-22)16-3-7-26(8-4-16)13-21(24(36)37)33-14-26/h1-3,5,11-12,21,23,33H,4,6-10,13-14H2,(H,36,37)(H2,32,34,35). The summed E-state index contributed by atoms with van der Waals surface area (Å²) < 4.78 is 54.1. The topological polar surface area (TPSA) is 120 Å². The van der Waals surface area contributed by atoms with Crippen molar-refractivity contribution in [2.24, 2.45) is 5.41 Å². The summed E-state index contributed by atoms with van der Waals surface area (Å²) in [6, 6.07) is 5.02. The Morgan fingerprint density at radius 1 is 1.23 bits per heavy atom. The number of anilines is 1. The fourth-order valence-corrected chi connectivity index (χ4v) is 5.69. The second-order valence-electron chi connectivity index (χ2n) is 10.2. The minimum atomic E-state index is -4.76. The molecule has 1 saturated heterocycles. The van der Waals surface area contributed by atoms with E-state index >= 15 is 0 Å². The average Bonchev–Trinajstić information content (AvgIpc) is 3.31. The minimum Gasteiger partial charge on any atom is -0.480 e. The van der Waals surface area contributed by atoms with Gasteiger partial charge in [0.15, 0.2) is 0 Å². The third-order valence-electron chi connectivity index (χ3n) is 7.56. The number of benzene rings is 1. The lowest BCUT2D eigenvalue weighted by Gasteiger charge is -2.32. The Morgan fingerprint density at radius 2 is 2.05 bits per heavy atom. The lowest BCUT2D eigenvalue weighted by atomic mass is 9.73. The molecule has 4 N–H and O–H groups in total. The van der Waals surface area contributed by atoms with Crippen LogP contribution in [0.1, 0.15) is 55.0 Å². The van der Waals surface area contributed by atoms with Crippen molar-refractivity contribution in [3.63, 3.8) is 0 Å². The summed E-state index contributed by atoms with van der Waals surface area (Å²) in [5.74, 6) is -1.37. The number of allylic oxidation sites excluding steroid dienone is 2. The molecule has 3 aliphatic rings. The van der Waals surface area contributed by atoms with Gasteiger partial charge in [-0.1, -0.05) is 29.8 Å². The van der Waals surface area contributed by atoms with Gasteiger partial charge in [-0.25, -0.2) is 4.98 Å². The van der Waals surface area contributed by atoms with E-state index in [9.17, 15) is 23.1 Å². The number of carbonyl (C=O) groups is 1. The SMILES string of the molecule is Nc1nc(OC(c2ccc(Cl)cc2C2=CCOCC2)C(F)(F)F)cc(C2=CCC3(CC2)CNC(C(=O)O)C3)n1. The maximum atomic E-state index is 14.4. The minimum absolute atomic E-state index is 0.0840. The number of nitrogens with one attached hydrogen (secondary N) is 1. The summed E-state index contributed by atoms with van der Waals surface area (Å²) in [5, 5.41) is 12.7. The monoisotopic (exact) mass is 564 g/mol. The number of nitrogens with zero attached hydrogens (tertiary/aromatic N) is 2. The van der Waals surface area contributed by atoms with Crippen molar-refractivity contribution in [2.75, 3.05) is 25.5 Å². The van der Waals surface area contributed by atoms with Crippen molar-refractivity contribution < 1.29 is 32.5 Å². The van der Waals surface area contributed by atoms with E-state index in [4.69, 9.17) is 26.8 Å². The number of alkyl halides is 3. The molecule has 39 heavy (non-hydrogen) atoms. The van der Waals surface area contributed by atoms with Crippen molar-refractivity contribution in [3.8, 4) is 5.88 Å². The first-order chi connectivity index (χ1) is 18.5. The zero-order valence-electron chi connectivity index (χ0n) is 20.9. The van der Waals surface area contributed by atoms with E-state index in [1.165, 1.54) is 24.3 Å². The molecule has 8 nitrogen and oxygen atoms in total. The number of hydrogen-bond donors (Lipinski definition) is 3. The molecule has 3 heterocycles. The normalized spacial score (nSPS) is 24.3. The van der Waals surface area contributed by atoms with Crippen molar-refractivity contribution in [1.29, 1.82) is 0 Å². The number of ether oxygens (including phenoxy) is 2. The van der Waals surface area contributed by atoms with Crippen LogP contribution in [0.15, 0.2) is 36.4 Å². The van der Waals surface area contributed by atoms with Gasteiger partial charge in [-0.15, -0.1) is 0 Å². The van der Waals surface area contributed by atoms with Gasteiger partial charge < -0.3 is 25.6 Å². The van der Waals surface area contributed by atoms with Gasteiger partial charge in [0.1, 0.15) is 6.04 Å². The van der Waals surface area contributed by atoms with E-state index in [2.05, 4.69) is 15.3 Å². The summed E-state index contributed by atoms with van der Waals surface area (Å²) in [6.07, 6.45) is -0.509. The molecule has 5 rings (SSSR count). The van der Waals surface area contributed by atoms with E-state index in [0.717, 1.165) is 5.57 Å². The summed E-state index contributed by atoms with van der Waals surface area (Å²) in [4.78, 5) is 19.6. The third kappa shape index (κ3) is 6.05. The molecule has 12 heteroatoms. The zero-order valence-corrected chi connectivity index (χ0v) is 21.7. The molecule has 208 valence electrons. The predicted octanol–water partition coefficient (Wildman–Crippen LogP) is 5.20. The average molecular weight is 565 g/mol. The molecule has 1 spiro atoms. The fraction of sp³-hybridized carbons (Fsp3) is 0.444. The van der Waals surface area contributed by atoms with Gasteiger partial charge in [-0.05, 0) is 66.4 Å². The van der Waals surface area contributed by atoms with Gasteiger partial charge in [0, 0.05) is 23.2 Å². The number of rotatable bonds is 6. The van der Waals surface area contributed by atoms with Gasteiger partial charge >= 0.3 is 12.1 Å². The van der Waals surface area contributed by atoms with Gasteiger partial charge in [-0.2, -0.15) is 18.2 Å². The van der Waals surface area contributed by atoms with Crippen molar-refractivity contribution in [2.45, 2.75) is 50.4 Å². The van der Waals surface area contributed by atoms with Gasteiger partial charge in [-0.3, -0.25) is 4.79 Å². The van der Waals surface area contributed by atoms with E-state index in [0.29, 0.717) is 73.7 Å². The number of halogens is 4. The summed E-state index contributed by atoms with van der Waals surface area (Å²) in [6.45, 7) is 1.28. The second-order valence-corrected chi connectivity index (χ2v) is 10.6. The van der Waals surface area contributed by atoms with Crippen LogP contribution in [-0.2, 0) is 9.53 Å². The molecule has 2 aromatic rings. The zero-order chi connectivity index (χ0) is 27.8. The maximum absolute atomic E-state index is 14.4. The first-order valence-corrected chi connectivity index (χ1v) is 13.0. The third-order valence-corrected chi connectivity index (χ3v) is 7.79. The van der Waals surface area contributed by atoms with E-state index in [1.54, 1.807) is 6.08 Å². The number of aliphatic carboxylic acids is 1. The van der Waals surface area contributed by atoms with Crippen LogP contribution in [0.3, 0.4) is 0 Å². The smallest absolute Gasteiger partial charge is 0.429 e. The van der Waals surface area contributed by atoms with Crippen LogP contribution < -0.4 is 15.8 Å². The molecule has 0 amide bonds. The molecular formula is C27H28ClF3N4O4. The second kappa shape index (κ2) is 10.8. The molecule has 0 radical (unpaired) electrons. The quantitative estimate of drug-likeness (QED) is 0.438. The van der Waals surface area contributed by atoms with E-state index in [1.807, 2.05) is 6.08 Å². The van der Waals surface area contributed by atoms with E-state index in [-0.39, 0.29) is 22.8 Å². The molecular weight excluding hydrogens is 537 g/mol. The number of nitrogen functional groups attached to an aromatic ring is 1. The van der Waals surface area contributed by atoms with Crippen molar-refractivity contribution in [1.82, 2.24) is 15.3 Å². The van der Waals surface area contributed by atoms with Gasteiger partial charge in [0.25, 0.3) is 0 Å².